The number of alkyl halides is 1. The second-order valence-electron chi connectivity index (χ2n) is 7.05. The van der Waals surface area contributed by atoms with Gasteiger partial charge in [-0.2, -0.15) is 15.6 Å². The molecule has 2 aliphatic rings. The predicted molar refractivity (Wildman–Crippen MR) is 95.9 cm³/mol. The molecule has 0 bridgehead atoms. The third-order valence-electron chi connectivity index (χ3n) is 5.10. The van der Waals surface area contributed by atoms with E-state index in [-0.39, 0.29) is 22.8 Å². The monoisotopic (exact) mass is 389 g/mol. The van der Waals surface area contributed by atoms with Crippen LogP contribution >= 0.6 is 10.6 Å². The molecule has 1 amide bonds. The Bertz CT molecular complexity index is 787. The summed E-state index contributed by atoms with van der Waals surface area (Å²) >= 11 is 0. The van der Waals surface area contributed by atoms with Gasteiger partial charge >= 0.3 is 6.09 Å². The molecule has 0 spiro atoms. The van der Waals surface area contributed by atoms with Gasteiger partial charge in [-0.05, 0) is 43.9 Å². The Balaban J connectivity index is 2.17. The number of amidine groups is 1. The van der Waals surface area contributed by atoms with E-state index in [2.05, 4.69) is 10.3 Å². The third-order valence-corrected chi connectivity index (χ3v) is 7.88. The van der Waals surface area contributed by atoms with Gasteiger partial charge in [-0.25, -0.2) is 13.6 Å². The van der Waals surface area contributed by atoms with Crippen molar-refractivity contribution in [1.29, 1.82) is 0 Å². The van der Waals surface area contributed by atoms with Crippen LogP contribution in [0, 0.1) is 11.7 Å². The molecule has 3 rings (SSSR count). The molecule has 1 aliphatic carbocycles. The van der Waals surface area contributed by atoms with E-state index in [1.807, 2.05) is 0 Å². The standard InChI is InChI=1S/C16H21F2N3O4S/c1-15(11-6-10(19)4-5-12(11)18)8-26(24,25)16(7-17,9-2-3-9)13(21-15)20-14(22)23/h4-6,9,24-25H,2-3,7-8,19H2,1H3,(H,20,21)(H,22,23)/t15-,16-/m0/s1. The minimum Gasteiger partial charge on any atom is -0.463 e. The second-order valence-corrected chi connectivity index (χ2v) is 9.40. The number of nitrogens with two attached hydrogens (primary N) is 1. The Morgan fingerprint density at radius 1 is 1.46 bits per heavy atom. The first-order valence-corrected chi connectivity index (χ1v) is 9.74. The van der Waals surface area contributed by atoms with E-state index >= 15 is 0 Å². The SMILES string of the molecule is C[C@@]1(c2cc(N)ccc2F)CS(O)(O)[C@@](CF)(C2CC2)C(=NC(=O)O)N1. The molecule has 0 radical (unpaired) electrons. The first-order chi connectivity index (χ1) is 12.1. The van der Waals surface area contributed by atoms with Crippen molar-refractivity contribution in [3.63, 3.8) is 0 Å². The average Bonchev–Trinajstić information content (AvgIpc) is 3.33. The Labute approximate surface area is 150 Å². The van der Waals surface area contributed by atoms with Crippen molar-refractivity contribution >= 4 is 28.2 Å². The van der Waals surface area contributed by atoms with Crippen LogP contribution in [-0.2, 0) is 5.54 Å². The largest absolute Gasteiger partial charge is 0.463 e. The summed E-state index contributed by atoms with van der Waals surface area (Å²) in [6, 6.07) is 3.82. The van der Waals surface area contributed by atoms with Crippen LogP contribution in [0.2, 0.25) is 0 Å². The summed E-state index contributed by atoms with van der Waals surface area (Å²) in [5.74, 6) is -1.85. The van der Waals surface area contributed by atoms with Crippen LogP contribution in [-0.4, -0.2) is 43.3 Å². The fraction of sp³-hybridized carbons (Fsp3) is 0.500. The molecule has 10 heteroatoms. The number of amides is 1. The molecule has 2 atom stereocenters. The molecular weight excluding hydrogens is 368 g/mol. The number of hydrogen-bond donors (Lipinski definition) is 5. The van der Waals surface area contributed by atoms with Gasteiger partial charge in [0.05, 0.1) is 11.3 Å². The van der Waals surface area contributed by atoms with Crippen molar-refractivity contribution in [3.05, 3.63) is 29.6 Å². The van der Waals surface area contributed by atoms with E-state index in [4.69, 9.17) is 10.8 Å². The molecule has 6 N–H and O–H groups in total. The number of carbonyl (C=O) groups is 1. The van der Waals surface area contributed by atoms with E-state index in [9.17, 15) is 22.7 Å². The number of carboxylic acid groups (broad SMARTS) is 1. The molecule has 1 aromatic carbocycles. The molecule has 2 fully saturated rings. The van der Waals surface area contributed by atoms with Gasteiger partial charge in [0.2, 0.25) is 0 Å². The van der Waals surface area contributed by atoms with Crippen LogP contribution in [0.25, 0.3) is 0 Å². The molecular formula is C16H21F2N3O4S. The van der Waals surface area contributed by atoms with Gasteiger partial charge in [-0.15, -0.1) is 0 Å². The lowest BCUT2D eigenvalue weighted by Crippen LogP contribution is -2.66. The van der Waals surface area contributed by atoms with Gasteiger partial charge in [-0.1, -0.05) is 0 Å². The van der Waals surface area contributed by atoms with E-state index in [1.54, 1.807) is 0 Å². The topological polar surface area (TPSA) is 128 Å². The molecule has 144 valence electrons. The number of hydrogen-bond acceptors (Lipinski definition) is 4. The number of nitrogen functional groups attached to an aromatic ring is 1. The summed E-state index contributed by atoms with van der Waals surface area (Å²) in [5, 5.41) is 11.9. The molecule has 26 heavy (non-hydrogen) atoms. The summed E-state index contributed by atoms with van der Waals surface area (Å²) < 4.78 is 48.4. The van der Waals surface area contributed by atoms with Crippen LogP contribution in [0.4, 0.5) is 19.3 Å². The zero-order valence-electron chi connectivity index (χ0n) is 14.1. The average molecular weight is 389 g/mol. The van der Waals surface area contributed by atoms with E-state index < -0.39 is 45.4 Å². The summed E-state index contributed by atoms with van der Waals surface area (Å²) in [6.45, 7) is 0.306. The molecule has 7 nitrogen and oxygen atoms in total. The number of halogens is 2. The number of nitrogens with one attached hydrogen (secondary N) is 1. The van der Waals surface area contributed by atoms with Gasteiger partial charge in [0.25, 0.3) is 0 Å². The highest BCUT2D eigenvalue weighted by molar-refractivity contribution is 8.26. The van der Waals surface area contributed by atoms with E-state index in [0.29, 0.717) is 12.8 Å². The zero-order chi connectivity index (χ0) is 19.3. The first kappa shape index (κ1) is 18.9. The summed E-state index contributed by atoms with van der Waals surface area (Å²) in [7, 11) is -3.69. The minimum absolute atomic E-state index is 0.0267. The van der Waals surface area contributed by atoms with Crippen molar-refractivity contribution in [3.8, 4) is 0 Å². The van der Waals surface area contributed by atoms with Gasteiger partial charge in [0, 0.05) is 11.3 Å². The van der Waals surface area contributed by atoms with Crippen LogP contribution in [0.5, 0.6) is 0 Å². The highest BCUT2D eigenvalue weighted by Gasteiger charge is 2.63. The van der Waals surface area contributed by atoms with Crippen molar-refractivity contribution < 1.29 is 27.8 Å². The predicted octanol–water partition coefficient (Wildman–Crippen LogP) is 3.17. The summed E-state index contributed by atoms with van der Waals surface area (Å²) in [6.07, 6.45) is -0.536. The van der Waals surface area contributed by atoms with Gasteiger partial charge in [0.1, 0.15) is 23.1 Å². The van der Waals surface area contributed by atoms with Crippen molar-refractivity contribution in [1.82, 2.24) is 5.32 Å². The van der Waals surface area contributed by atoms with Crippen LogP contribution < -0.4 is 11.1 Å². The number of benzene rings is 1. The quantitative estimate of drug-likeness (QED) is 0.505. The van der Waals surface area contributed by atoms with Crippen molar-refractivity contribution in [2.75, 3.05) is 18.2 Å². The van der Waals surface area contributed by atoms with Gasteiger partial charge < -0.3 is 16.2 Å². The molecule has 1 aromatic rings. The molecule has 1 saturated heterocycles. The van der Waals surface area contributed by atoms with Crippen LogP contribution in [0.3, 0.4) is 0 Å². The maximum atomic E-state index is 14.4. The van der Waals surface area contributed by atoms with E-state index in [1.165, 1.54) is 19.1 Å². The normalized spacial score (nSPS) is 33.5. The third kappa shape index (κ3) is 2.81. The smallest absolute Gasteiger partial charge is 0.432 e. The summed E-state index contributed by atoms with van der Waals surface area (Å²) in [4.78, 5) is 14.6. The van der Waals surface area contributed by atoms with Crippen LogP contribution in [0.15, 0.2) is 23.2 Å². The molecule has 1 heterocycles. The van der Waals surface area contributed by atoms with Gasteiger partial charge in [0.15, 0.2) is 0 Å². The Morgan fingerprint density at radius 3 is 2.65 bits per heavy atom. The Hall–Kier alpha value is -1.91. The van der Waals surface area contributed by atoms with Crippen LogP contribution in [0.1, 0.15) is 25.3 Å². The highest BCUT2D eigenvalue weighted by Crippen LogP contribution is 2.66. The zero-order valence-corrected chi connectivity index (χ0v) is 14.9. The Kier molecular flexibility index (Phi) is 4.40. The highest BCUT2D eigenvalue weighted by atomic mass is 32.3. The lowest BCUT2D eigenvalue weighted by molar-refractivity contribution is 0.205. The van der Waals surface area contributed by atoms with Crippen molar-refractivity contribution in [2.45, 2.75) is 30.1 Å². The number of anilines is 1. The second kappa shape index (κ2) is 6.07. The first-order valence-electron chi connectivity index (χ1n) is 8.03. The van der Waals surface area contributed by atoms with Crippen molar-refractivity contribution in [2.24, 2.45) is 10.9 Å². The molecule has 0 unspecified atom stereocenters. The van der Waals surface area contributed by atoms with Gasteiger partial charge in [-0.3, -0.25) is 9.11 Å². The summed E-state index contributed by atoms with van der Waals surface area (Å²) in [5.41, 5.74) is 4.58. The van der Waals surface area contributed by atoms with E-state index in [0.717, 1.165) is 6.07 Å². The number of aliphatic imine (C=N–C) groups is 1. The Morgan fingerprint density at radius 2 is 2.12 bits per heavy atom. The molecule has 0 aromatic heterocycles. The lowest BCUT2D eigenvalue weighted by Gasteiger charge is -2.58. The minimum atomic E-state index is -3.69. The number of rotatable bonds is 3. The number of nitrogens with zero attached hydrogens (tertiary/aromatic N) is 1. The molecule has 1 saturated carbocycles. The maximum Gasteiger partial charge on any atom is 0.432 e. The molecule has 1 aliphatic heterocycles. The lowest BCUT2D eigenvalue weighted by atomic mass is 9.90. The maximum absolute atomic E-state index is 14.4. The fourth-order valence-corrected chi connectivity index (χ4v) is 6.33. The fourth-order valence-electron chi connectivity index (χ4n) is 3.69.